The maximum atomic E-state index is 11.7. The van der Waals surface area contributed by atoms with Gasteiger partial charge in [-0.1, -0.05) is 27.7 Å². The molecule has 0 radical (unpaired) electrons. The molecule has 0 fully saturated rings. The molecule has 0 rings (SSSR count). The van der Waals surface area contributed by atoms with Crippen LogP contribution in [0.5, 0.6) is 0 Å². The summed E-state index contributed by atoms with van der Waals surface area (Å²) in [4.78, 5) is 14.5. The predicted octanol–water partition coefficient (Wildman–Crippen LogP) is 3.33. The van der Waals surface area contributed by atoms with Gasteiger partial charge in [0.2, 0.25) is 0 Å². The maximum absolute atomic E-state index is 11.7. The maximum Gasteiger partial charge on any atom is 0.413 e. The van der Waals surface area contributed by atoms with Crippen LogP contribution in [0, 0.1) is 5.92 Å². The van der Waals surface area contributed by atoms with Gasteiger partial charge in [-0.25, -0.2) is 9.45 Å². The summed E-state index contributed by atoms with van der Waals surface area (Å²) in [5.41, 5.74) is 5.62. The number of hydrogen-bond acceptors (Lipinski definition) is 5. The average Bonchev–Trinajstić information content (AvgIpc) is 2.33. The fraction of sp³-hybridized carbons (Fsp3) is 1.00. The Labute approximate surface area is 114 Å². The lowest BCUT2D eigenvalue weighted by atomic mass is 9.97. The van der Waals surface area contributed by atoms with Gasteiger partial charge in [0.25, 0.3) is 0 Å². The van der Waals surface area contributed by atoms with E-state index in [9.17, 15) is 9.46 Å². The van der Waals surface area contributed by atoms with Gasteiger partial charge in [-0.3, -0.25) is 0 Å². The lowest BCUT2D eigenvalue weighted by Crippen LogP contribution is -2.40. The van der Waals surface area contributed by atoms with Crippen molar-refractivity contribution >= 4 is 18.2 Å². The van der Waals surface area contributed by atoms with Gasteiger partial charge in [-0.2, -0.15) is 0 Å². The summed E-state index contributed by atoms with van der Waals surface area (Å²) < 4.78 is 16.4. The van der Waals surface area contributed by atoms with E-state index in [0.29, 0.717) is 5.75 Å². The molecule has 0 aromatic carbocycles. The summed E-state index contributed by atoms with van der Waals surface area (Å²) in [6.45, 7) is 5.82. The SMILES string of the molecule is CCC(N)(CC)CSP(=O)(O)OOC(C)C(C)C. The molecule has 18 heavy (non-hydrogen) atoms. The summed E-state index contributed by atoms with van der Waals surface area (Å²) in [6.07, 6.45) is 1.27. The molecule has 0 aromatic heterocycles. The van der Waals surface area contributed by atoms with Crippen LogP contribution < -0.4 is 5.73 Å². The molecular weight excluding hydrogens is 273 g/mol. The van der Waals surface area contributed by atoms with Gasteiger partial charge in [0.1, 0.15) is 0 Å². The van der Waals surface area contributed by atoms with Crippen LogP contribution in [0.1, 0.15) is 47.5 Å². The molecule has 0 aliphatic carbocycles. The fourth-order valence-corrected chi connectivity index (χ4v) is 3.53. The minimum atomic E-state index is -3.79. The summed E-state index contributed by atoms with van der Waals surface area (Å²) in [6, 6.07) is 0. The largest absolute Gasteiger partial charge is 0.413 e. The Balaban J connectivity index is 4.20. The summed E-state index contributed by atoms with van der Waals surface area (Å²) in [5.74, 6) is 0.586. The highest BCUT2D eigenvalue weighted by Gasteiger charge is 2.29. The van der Waals surface area contributed by atoms with Gasteiger partial charge in [0.15, 0.2) is 0 Å². The smallest absolute Gasteiger partial charge is 0.324 e. The van der Waals surface area contributed by atoms with Gasteiger partial charge in [0, 0.05) is 11.3 Å². The Kier molecular flexibility index (Phi) is 8.06. The quantitative estimate of drug-likeness (QED) is 0.386. The molecule has 0 bridgehead atoms. The topological polar surface area (TPSA) is 81.8 Å². The van der Waals surface area contributed by atoms with Gasteiger partial charge >= 0.3 is 6.80 Å². The molecule has 0 spiro atoms. The molecule has 0 heterocycles. The fourth-order valence-electron chi connectivity index (χ4n) is 0.919. The van der Waals surface area contributed by atoms with Crippen LogP contribution in [-0.2, 0) is 14.1 Å². The van der Waals surface area contributed by atoms with E-state index < -0.39 is 12.3 Å². The molecule has 110 valence electrons. The highest BCUT2D eigenvalue weighted by molar-refractivity contribution is 8.54. The van der Waals surface area contributed by atoms with Crippen molar-refractivity contribution in [2.45, 2.75) is 59.1 Å². The Bertz CT molecular complexity index is 284. The lowest BCUT2D eigenvalue weighted by molar-refractivity contribution is -0.252. The monoisotopic (exact) mass is 299 g/mol. The van der Waals surface area contributed by atoms with E-state index in [2.05, 4.69) is 4.67 Å². The van der Waals surface area contributed by atoms with Crippen molar-refractivity contribution in [2.24, 2.45) is 11.7 Å². The van der Waals surface area contributed by atoms with Gasteiger partial charge in [-0.15, -0.1) is 4.67 Å². The van der Waals surface area contributed by atoms with E-state index in [4.69, 9.17) is 10.6 Å². The lowest BCUT2D eigenvalue weighted by Gasteiger charge is -2.26. The van der Waals surface area contributed by atoms with Crippen molar-refractivity contribution in [1.82, 2.24) is 0 Å². The van der Waals surface area contributed by atoms with E-state index in [1.54, 1.807) is 6.92 Å². The second kappa shape index (κ2) is 7.88. The van der Waals surface area contributed by atoms with Crippen LogP contribution in [0.3, 0.4) is 0 Å². The van der Waals surface area contributed by atoms with Crippen molar-refractivity contribution in [3.05, 3.63) is 0 Å². The molecule has 7 heteroatoms. The highest BCUT2D eigenvalue weighted by Crippen LogP contribution is 2.57. The Morgan fingerprint density at radius 2 is 1.83 bits per heavy atom. The van der Waals surface area contributed by atoms with Crippen LogP contribution >= 0.6 is 18.2 Å². The van der Waals surface area contributed by atoms with Crippen LogP contribution in [0.4, 0.5) is 0 Å². The minimum Gasteiger partial charge on any atom is -0.324 e. The zero-order valence-electron chi connectivity index (χ0n) is 11.9. The minimum absolute atomic E-state index is 0.217. The van der Waals surface area contributed by atoms with Crippen molar-refractivity contribution < 1.29 is 19.0 Å². The van der Waals surface area contributed by atoms with E-state index in [1.165, 1.54) is 0 Å². The second-order valence-electron chi connectivity index (χ2n) is 4.93. The molecule has 2 unspecified atom stereocenters. The zero-order chi connectivity index (χ0) is 14.4. The molecule has 0 amide bonds. The van der Waals surface area contributed by atoms with Gasteiger partial charge in [-0.05, 0) is 37.1 Å². The molecule has 2 atom stereocenters. The molecule has 5 nitrogen and oxygen atoms in total. The van der Waals surface area contributed by atoms with E-state index in [0.717, 1.165) is 24.2 Å². The third-order valence-electron chi connectivity index (χ3n) is 3.15. The predicted molar refractivity (Wildman–Crippen MR) is 76.3 cm³/mol. The van der Waals surface area contributed by atoms with E-state index in [-0.39, 0.29) is 12.0 Å². The van der Waals surface area contributed by atoms with Crippen LogP contribution in [0.15, 0.2) is 0 Å². The molecule has 0 aliphatic rings. The average molecular weight is 299 g/mol. The first-order valence-corrected chi connectivity index (χ1v) is 9.44. The van der Waals surface area contributed by atoms with Crippen molar-refractivity contribution in [1.29, 1.82) is 0 Å². The number of nitrogens with two attached hydrogens (primary N) is 1. The summed E-state index contributed by atoms with van der Waals surface area (Å²) in [5, 5.41) is 0. The summed E-state index contributed by atoms with van der Waals surface area (Å²) in [7, 11) is 0. The molecular formula is C11H26NO4PS. The zero-order valence-corrected chi connectivity index (χ0v) is 13.6. The van der Waals surface area contributed by atoms with E-state index in [1.807, 2.05) is 27.7 Å². The third-order valence-corrected chi connectivity index (χ3v) is 6.00. The normalized spacial score (nSPS) is 17.8. The Hall–Kier alpha value is 0.420. The van der Waals surface area contributed by atoms with Crippen LogP contribution in [-0.4, -0.2) is 22.3 Å². The number of hydrogen-bond donors (Lipinski definition) is 2. The van der Waals surface area contributed by atoms with Crippen molar-refractivity contribution in [3.63, 3.8) is 0 Å². The second-order valence-corrected chi connectivity index (χ2v) is 8.72. The third kappa shape index (κ3) is 7.12. The molecule has 3 N–H and O–H groups in total. The standard InChI is InChI=1S/C11H26NO4PS/c1-6-11(12,7-2)8-18-17(13,14)16-15-10(5)9(3)4/h9-10H,6-8,12H2,1-5H3,(H,13,14). The van der Waals surface area contributed by atoms with Crippen molar-refractivity contribution in [2.75, 3.05) is 5.75 Å². The first-order chi connectivity index (χ1) is 8.16. The molecule has 0 aromatic rings. The Morgan fingerprint density at radius 1 is 1.33 bits per heavy atom. The molecule has 0 aliphatic heterocycles. The first-order valence-electron chi connectivity index (χ1n) is 6.27. The molecule has 0 saturated heterocycles. The number of rotatable bonds is 9. The van der Waals surface area contributed by atoms with Gasteiger partial charge in [0.05, 0.1) is 6.10 Å². The van der Waals surface area contributed by atoms with Crippen LogP contribution in [0.2, 0.25) is 0 Å². The Morgan fingerprint density at radius 3 is 2.22 bits per heavy atom. The van der Waals surface area contributed by atoms with Crippen LogP contribution in [0.25, 0.3) is 0 Å². The summed E-state index contributed by atoms with van der Waals surface area (Å²) >= 11 is 0.827. The molecule has 0 saturated carbocycles. The van der Waals surface area contributed by atoms with E-state index >= 15 is 0 Å². The van der Waals surface area contributed by atoms with Gasteiger partial charge < -0.3 is 10.6 Å². The first kappa shape index (κ1) is 18.4. The highest BCUT2D eigenvalue weighted by atomic mass is 32.7. The van der Waals surface area contributed by atoms with Crippen molar-refractivity contribution in [3.8, 4) is 0 Å².